The van der Waals surface area contributed by atoms with E-state index < -0.39 is 28.9 Å². The van der Waals surface area contributed by atoms with Crippen molar-refractivity contribution in [1.29, 1.82) is 0 Å². The number of halogens is 1. The van der Waals surface area contributed by atoms with Gasteiger partial charge in [0.1, 0.15) is 11.8 Å². The van der Waals surface area contributed by atoms with Crippen LogP contribution in [0.1, 0.15) is 20.3 Å². The monoisotopic (exact) mass is 403 g/mol. The van der Waals surface area contributed by atoms with E-state index in [0.29, 0.717) is 22.9 Å². The molecule has 2 unspecified atom stereocenters. The highest BCUT2D eigenvalue weighted by Gasteiger charge is 2.39. The van der Waals surface area contributed by atoms with Crippen molar-refractivity contribution in [3.63, 3.8) is 0 Å². The Morgan fingerprint density at radius 1 is 1.32 bits per heavy atom. The highest BCUT2D eigenvalue weighted by atomic mass is 35.5. The maximum atomic E-state index is 12.9. The van der Waals surface area contributed by atoms with Gasteiger partial charge in [0.25, 0.3) is 11.6 Å². The molecular formula is C19H18ClN3O5. The van der Waals surface area contributed by atoms with E-state index in [-0.39, 0.29) is 11.4 Å². The average molecular weight is 404 g/mol. The summed E-state index contributed by atoms with van der Waals surface area (Å²) in [5.41, 5.74) is 0.524. The van der Waals surface area contributed by atoms with Crippen molar-refractivity contribution in [1.82, 2.24) is 0 Å². The molecule has 1 aliphatic heterocycles. The standard InChI is InChI=1S/C19H18ClN3O5/c1-3-16-19(25)22(15-10-14(23(26)27)8-9-17(15)28-16)11(2)18(24)21-13-6-4-12(20)5-7-13/h4-11,16H,3H2,1-2H3,(H,21,24). The summed E-state index contributed by atoms with van der Waals surface area (Å²) in [5, 5.41) is 14.4. The summed E-state index contributed by atoms with van der Waals surface area (Å²) in [6.45, 7) is 3.35. The second-order valence-corrected chi connectivity index (χ2v) is 6.74. The van der Waals surface area contributed by atoms with Crippen LogP contribution in [0.5, 0.6) is 5.75 Å². The molecule has 0 saturated heterocycles. The summed E-state index contributed by atoms with van der Waals surface area (Å²) < 4.78 is 5.66. The molecule has 0 bridgehead atoms. The number of nitrogens with zero attached hydrogens (tertiary/aromatic N) is 2. The molecule has 0 radical (unpaired) electrons. The fourth-order valence-electron chi connectivity index (χ4n) is 2.94. The van der Waals surface area contributed by atoms with Crippen molar-refractivity contribution < 1.29 is 19.2 Å². The number of nitro benzene ring substituents is 1. The molecule has 2 atom stereocenters. The molecule has 1 heterocycles. The van der Waals surface area contributed by atoms with Gasteiger partial charge in [0.15, 0.2) is 6.10 Å². The van der Waals surface area contributed by atoms with Crippen LogP contribution in [0.25, 0.3) is 0 Å². The number of non-ortho nitro benzene ring substituents is 1. The Hall–Kier alpha value is -3.13. The van der Waals surface area contributed by atoms with Crippen LogP contribution in [-0.2, 0) is 9.59 Å². The zero-order valence-corrected chi connectivity index (χ0v) is 16.0. The molecule has 0 aromatic heterocycles. The molecule has 0 aliphatic carbocycles. The molecule has 2 amide bonds. The maximum absolute atomic E-state index is 12.9. The van der Waals surface area contributed by atoms with Gasteiger partial charge in [0, 0.05) is 22.8 Å². The maximum Gasteiger partial charge on any atom is 0.271 e. The lowest BCUT2D eigenvalue weighted by molar-refractivity contribution is -0.384. The van der Waals surface area contributed by atoms with Crippen LogP contribution < -0.4 is 15.0 Å². The van der Waals surface area contributed by atoms with Crippen molar-refractivity contribution in [2.45, 2.75) is 32.4 Å². The minimum atomic E-state index is -0.915. The van der Waals surface area contributed by atoms with Gasteiger partial charge in [0.2, 0.25) is 5.91 Å². The first-order chi connectivity index (χ1) is 13.3. The number of nitrogens with one attached hydrogen (secondary N) is 1. The normalized spacial score (nSPS) is 16.8. The first-order valence-electron chi connectivity index (χ1n) is 8.66. The van der Waals surface area contributed by atoms with Gasteiger partial charge in [-0.25, -0.2) is 0 Å². The Balaban J connectivity index is 1.94. The molecule has 3 rings (SSSR count). The predicted molar refractivity (Wildman–Crippen MR) is 105 cm³/mol. The third-order valence-electron chi connectivity index (χ3n) is 4.44. The van der Waals surface area contributed by atoms with E-state index in [2.05, 4.69) is 5.32 Å². The minimum Gasteiger partial charge on any atom is -0.478 e. The first kappa shape index (κ1) is 19.6. The SMILES string of the molecule is CCC1Oc2ccc([N+](=O)[O-])cc2N(C(C)C(=O)Nc2ccc(Cl)cc2)C1=O. The van der Waals surface area contributed by atoms with E-state index in [9.17, 15) is 19.7 Å². The van der Waals surface area contributed by atoms with Crippen LogP contribution in [-0.4, -0.2) is 28.9 Å². The fourth-order valence-corrected chi connectivity index (χ4v) is 3.07. The molecule has 146 valence electrons. The molecule has 2 aromatic carbocycles. The van der Waals surface area contributed by atoms with E-state index in [0.717, 1.165) is 0 Å². The smallest absolute Gasteiger partial charge is 0.271 e. The van der Waals surface area contributed by atoms with E-state index >= 15 is 0 Å². The molecular weight excluding hydrogens is 386 g/mol. The number of benzene rings is 2. The number of carbonyl (C=O) groups excluding carboxylic acids is 2. The molecule has 1 N–H and O–H groups in total. The van der Waals surface area contributed by atoms with Crippen LogP contribution in [0.2, 0.25) is 5.02 Å². The Morgan fingerprint density at radius 3 is 2.61 bits per heavy atom. The highest BCUT2D eigenvalue weighted by Crippen LogP contribution is 2.38. The molecule has 0 saturated carbocycles. The Kier molecular flexibility index (Phi) is 5.51. The van der Waals surface area contributed by atoms with Crippen LogP contribution in [0.3, 0.4) is 0 Å². The van der Waals surface area contributed by atoms with Gasteiger partial charge in [-0.3, -0.25) is 24.6 Å². The van der Waals surface area contributed by atoms with Crippen molar-refractivity contribution in [2.75, 3.05) is 10.2 Å². The quantitative estimate of drug-likeness (QED) is 0.604. The van der Waals surface area contributed by atoms with Gasteiger partial charge in [-0.15, -0.1) is 0 Å². The molecule has 1 aliphatic rings. The average Bonchev–Trinajstić information content (AvgIpc) is 2.68. The van der Waals surface area contributed by atoms with Gasteiger partial charge in [0.05, 0.1) is 10.6 Å². The number of hydrogen-bond donors (Lipinski definition) is 1. The largest absolute Gasteiger partial charge is 0.478 e. The Morgan fingerprint density at radius 2 is 2.00 bits per heavy atom. The summed E-state index contributed by atoms with van der Waals surface area (Å²) in [6.07, 6.45) is -0.364. The Labute approximate surface area is 166 Å². The lowest BCUT2D eigenvalue weighted by Gasteiger charge is -2.36. The summed E-state index contributed by atoms with van der Waals surface area (Å²) in [7, 11) is 0. The molecule has 8 nitrogen and oxygen atoms in total. The topological polar surface area (TPSA) is 102 Å². The second kappa shape index (κ2) is 7.85. The third-order valence-corrected chi connectivity index (χ3v) is 4.70. The number of anilines is 2. The molecule has 28 heavy (non-hydrogen) atoms. The van der Waals surface area contributed by atoms with E-state index in [1.165, 1.54) is 23.1 Å². The summed E-state index contributed by atoms with van der Waals surface area (Å²) in [6, 6.07) is 9.62. The lowest BCUT2D eigenvalue weighted by atomic mass is 10.1. The first-order valence-corrected chi connectivity index (χ1v) is 9.04. The van der Waals surface area contributed by atoms with Gasteiger partial charge >= 0.3 is 0 Å². The number of carbonyl (C=O) groups is 2. The van der Waals surface area contributed by atoms with Crippen molar-refractivity contribution in [3.05, 3.63) is 57.6 Å². The van der Waals surface area contributed by atoms with Crippen LogP contribution >= 0.6 is 11.6 Å². The van der Waals surface area contributed by atoms with Crippen LogP contribution in [0.4, 0.5) is 17.1 Å². The molecule has 9 heteroatoms. The van der Waals surface area contributed by atoms with E-state index in [1.807, 2.05) is 0 Å². The number of amides is 2. The zero-order chi connectivity index (χ0) is 20.4. The summed E-state index contributed by atoms with van der Waals surface area (Å²) in [4.78, 5) is 37.5. The number of nitro groups is 1. The summed E-state index contributed by atoms with van der Waals surface area (Å²) in [5.74, 6) is -0.540. The number of fused-ring (bicyclic) bond motifs is 1. The van der Waals surface area contributed by atoms with Gasteiger partial charge in [-0.2, -0.15) is 0 Å². The number of rotatable bonds is 5. The highest BCUT2D eigenvalue weighted by molar-refractivity contribution is 6.30. The number of ether oxygens (including phenoxy) is 1. The fraction of sp³-hybridized carbons (Fsp3) is 0.263. The van der Waals surface area contributed by atoms with Crippen LogP contribution in [0.15, 0.2) is 42.5 Å². The summed E-state index contributed by atoms with van der Waals surface area (Å²) >= 11 is 5.85. The van der Waals surface area contributed by atoms with Gasteiger partial charge < -0.3 is 10.1 Å². The van der Waals surface area contributed by atoms with Crippen molar-refractivity contribution in [3.8, 4) is 5.75 Å². The van der Waals surface area contributed by atoms with Crippen LogP contribution in [0, 0.1) is 10.1 Å². The predicted octanol–water partition coefficient (Wildman–Crippen LogP) is 3.78. The van der Waals surface area contributed by atoms with E-state index in [1.54, 1.807) is 38.1 Å². The van der Waals surface area contributed by atoms with Gasteiger partial charge in [-0.1, -0.05) is 18.5 Å². The van der Waals surface area contributed by atoms with Crippen molar-refractivity contribution >= 4 is 40.5 Å². The molecule has 0 spiro atoms. The molecule has 0 fully saturated rings. The van der Waals surface area contributed by atoms with Gasteiger partial charge in [-0.05, 0) is 43.7 Å². The minimum absolute atomic E-state index is 0.194. The third kappa shape index (κ3) is 3.77. The van der Waals surface area contributed by atoms with Crippen molar-refractivity contribution in [2.24, 2.45) is 0 Å². The zero-order valence-electron chi connectivity index (χ0n) is 15.2. The Bertz CT molecular complexity index is 932. The molecule has 2 aromatic rings. The van der Waals surface area contributed by atoms with E-state index in [4.69, 9.17) is 16.3 Å². The second-order valence-electron chi connectivity index (χ2n) is 6.30. The lowest BCUT2D eigenvalue weighted by Crippen LogP contribution is -2.53. The number of hydrogen-bond acceptors (Lipinski definition) is 5.